The third-order valence-electron chi connectivity index (χ3n) is 2.48. The Morgan fingerprint density at radius 3 is 2.78 bits per heavy atom. The average molecular weight is 263 g/mol. The molecule has 4 nitrogen and oxygen atoms in total. The molecule has 0 bridgehead atoms. The molecule has 2 aromatic rings. The van der Waals surface area contributed by atoms with Gasteiger partial charge >= 0.3 is 5.97 Å². The number of esters is 1. The predicted octanol–water partition coefficient (Wildman–Crippen LogP) is 2.91. The molecule has 94 valence electrons. The molecule has 0 unspecified atom stereocenters. The number of thiazole rings is 1. The van der Waals surface area contributed by atoms with E-state index in [1.165, 1.54) is 18.4 Å². The number of aryl methyl sites for hydroxylation is 1. The van der Waals surface area contributed by atoms with Crippen LogP contribution >= 0.6 is 11.3 Å². The minimum atomic E-state index is -0.348. The van der Waals surface area contributed by atoms with Gasteiger partial charge in [0.2, 0.25) is 0 Å². The van der Waals surface area contributed by atoms with Gasteiger partial charge in [-0.25, -0.2) is 9.78 Å². The molecule has 0 aliphatic rings. The van der Waals surface area contributed by atoms with Gasteiger partial charge in [-0.15, -0.1) is 11.3 Å². The Morgan fingerprint density at radius 1 is 1.33 bits per heavy atom. The van der Waals surface area contributed by atoms with Crippen molar-refractivity contribution < 1.29 is 14.3 Å². The van der Waals surface area contributed by atoms with Crippen molar-refractivity contribution in [1.82, 2.24) is 4.98 Å². The molecule has 0 N–H and O–H groups in total. The van der Waals surface area contributed by atoms with Crippen LogP contribution in [0.3, 0.4) is 0 Å². The van der Waals surface area contributed by atoms with E-state index in [9.17, 15) is 4.79 Å². The fourth-order valence-electron chi connectivity index (χ4n) is 1.56. The molecule has 0 saturated heterocycles. The number of benzene rings is 1. The second-order valence-corrected chi connectivity index (χ2v) is 4.66. The predicted molar refractivity (Wildman–Crippen MR) is 70.2 cm³/mol. The van der Waals surface area contributed by atoms with Gasteiger partial charge < -0.3 is 9.47 Å². The third-order valence-corrected chi connectivity index (χ3v) is 3.67. The summed E-state index contributed by atoms with van der Waals surface area (Å²) in [5, 5.41) is 0.784. The number of carbonyl (C=O) groups excluding carboxylic acids is 1. The second-order valence-electron chi connectivity index (χ2n) is 3.66. The van der Waals surface area contributed by atoms with Crippen molar-refractivity contribution in [3.05, 3.63) is 34.8 Å². The zero-order chi connectivity index (χ0) is 13.1. The number of hydrogen-bond acceptors (Lipinski definition) is 5. The molecule has 0 saturated carbocycles. The molecule has 2 rings (SSSR count). The summed E-state index contributed by atoms with van der Waals surface area (Å²) >= 11 is 1.32. The molecule has 18 heavy (non-hydrogen) atoms. The quantitative estimate of drug-likeness (QED) is 0.799. The molecule has 0 fully saturated rings. The van der Waals surface area contributed by atoms with E-state index in [4.69, 9.17) is 9.47 Å². The fourth-order valence-corrected chi connectivity index (χ4v) is 2.54. The molecule has 0 radical (unpaired) electrons. The highest BCUT2D eigenvalue weighted by molar-refractivity contribution is 7.17. The van der Waals surface area contributed by atoms with E-state index in [1.807, 2.05) is 24.3 Å². The van der Waals surface area contributed by atoms with Gasteiger partial charge in [0.15, 0.2) is 0 Å². The first kappa shape index (κ1) is 12.6. The molecule has 1 aromatic carbocycles. The van der Waals surface area contributed by atoms with E-state index < -0.39 is 0 Å². The van der Waals surface area contributed by atoms with Crippen molar-refractivity contribution in [3.8, 4) is 16.3 Å². The molecule has 5 heteroatoms. The van der Waals surface area contributed by atoms with Gasteiger partial charge in [-0.3, -0.25) is 0 Å². The zero-order valence-electron chi connectivity index (χ0n) is 10.4. The van der Waals surface area contributed by atoms with Gasteiger partial charge in [0.1, 0.15) is 15.6 Å². The van der Waals surface area contributed by atoms with Gasteiger partial charge in [0.05, 0.1) is 19.9 Å². The lowest BCUT2D eigenvalue weighted by Gasteiger charge is -2.00. The molecule has 0 aliphatic carbocycles. The molecule has 1 aromatic heterocycles. The Balaban J connectivity index is 2.42. The van der Waals surface area contributed by atoms with Crippen molar-refractivity contribution in [2.24, 2.45) is 0 Å². The fraction of sp³-hybridized carbons (Fsp3) is 0.231. The lowest BCUT2D eigenvalue weighted by molar-refractivity contribution is 0.0605. The first-order chi connectivity index (χ1) is 8.65. The average Bonchev–Trinajstić information content (AvgIpc) is 2.80. The van der Waals surface area contributed by atoms with Crippen molar-refractivity contribution in [3.63, 3.8) is 0 Å². The van der Waals surface area contributed by atoms with Gasteiger partial charge in [-0.1, -0.05) is 12.1 Å². The molecule has 0 atom stereocenters. The highest BCUT2D eigenvalue weighted by Crippen LogP contribution is 2.30. The number of nitrogens with zero attached hydrogens (tertiary/aromatic N) is 1. The topological polar surface area (TPSA) is 48.4 Å². The number of ether oxygens (including phenoxy) is 2. The summed E-state index contributed by atoms with van der Waals surface area (Å²) in [7, 11) is 2.98. The summed E-state index contributed by atoms with van der Waals surface area (Å²) in [5.41, 5.74) is 1.61. The van der Waals surface area contributed by atoms with Crippen LogP contribution < -0.4 is 4.74 Å². The molecule has 0 amide bonds. The molecular formula is C13H13NO3S. The maximum Gasteiger partial charge on any atom is 0.349 e. The number of hydrogen-bond donors (Lipinski definition) is 0. The Morgan fingerprint density at radius 2 is 2.11 bits per heavy atom. The van der Waals surface area contributed by atoms with Crippen molar-refractivity contribution in [2.45, 2.75) is 6.92 Å². The maximum absolute atomic E-state index is 11.5. The van der Waals surface area contributed by atoms with Gasteiger partial charge in [-0.05, 0) is 19.1 Å². The third kappa shape index (κ3) is 2.36. The largest absolute Gasteiger partial charge is 0.497 e. The van der Waals surface area contributed by atoms with Crippen molar-refractivity contribution >= 4 is 17.3 Å². The Bertz CT molecular complexity index is 577. The van der Waals surface area contributed by atoms with Crippen LogP contribution in [0.1, 0.15) is 15.4 Å². The molecule has 1 heterocycles. The molecule has 0 spiro atoms. The van der Waals surface area contributed by atoms with Crippen LogP contribution in [0.15, 0.2) is 24.3 Å². The van der Waals surface area contributed by atoms with Crippen molar-refractivity contribution in [1.29, 1.82) is 0 Å². The highest BCUT2D eigenvalue weighted by atomic mass is 32.1. The maximum atomic E-state index is 11.5. The van der Waals surface area contributed by atoms with Crippen LogP contribution in [0.4, 0.5) is 0 Å². The monoisotopic (exact) mass is 263 g/mol. The summed E-state index contributed by atoms with van der Waals surface area (Å²) < 4.78 is 9.89. The molecule has 0 aliphatic heterocycles. The first-order valence-electron chi connectivity index (χ1n) is 5.36. The van der Waals surface area contributed by atoms with Crippen LogP contribution in [-0.2, 0) is 4.74 Å². The van der Waals surface area contributed by atoms with Gasteiger partial charge in [-0.2, -0.15) is 0 Å². The summed E-state index contributed by atoms with van der Waals surface area (Å²) in [6.07, 6.45) is 0. The van der Waals surface area contributed by atoms with Crippen LogP contribution in [0, 0.1) is 6.92 Å². The van der Waals surface area contributed by atoms with Crippen LogP contribution in [0.5, 0.6) is 5.75 Å². The number of rotatable bonds is 3. The summed E-state index contributed by atoms with van der Waals surface area (Å²) in [4.78, 5) is 16.5. The smallest absolute Gasteiger partial charge is 0.349 e. The second kappa shape index (κ2) is 5.18. The number of aromatic nitrogens is 1. The van der Waals surface area contributed by atoms with Crippen LogP contribution in [-0.4, -0.2) is 25.2 Å². The van der Waals surface area contributed by atoms with E-state index in [-0.39, 0.29) is 5.97 Å². The van der Waals surface area contributed by atoms with E-state index in [1.54, 1.807) is 14.0 Å². The minimum Gasteiger partial charge on any atom is -0.497 e. The highest BCUT2D eigenvalue weighted by Gasteiger charge is 2.16. The van der Waals surface area contributed by atoms with E-state index in [0.29, 0.717) is 10.6 Å². The minimum absolute atomic E-state index is 0.348. The van der Waals surface area contributed by atoms with E-state index in [2.05, 4.69) is 4.98 Å². The molecular weight excluding hydrogens is 250 g/mol. The van der Waals surface area contributed by atoms with Gasteiger partial charge in [0, 0.05) is 5.56 Å². The lowest BCUT2D eigenvalue weighted by atomic mass is 10.2. The Labute approximate surface area is 109 Å². The Hall–Kier alpha value is -1.88. The van der Waals surface area contributed by atoms with E-state index in [0.717, 1.165) is 16.3 Å². The standard InChI is InChI=1S/C13H13NO3S/c1-8-11(13(15)17-3)18-12(14-8)9-5-4-6-10(7-9)16-2/h4-7H,1-3H3. The van der Waals surface area contributed by atoms with Gasteiger partial charge in [0.25, 0.3) is 0 Å². The lowest BCUT2D eigenvalue weighted by Crippen LogP contribution is -1.99. The zero-order valence-corrected chi connectivity index (χ0v) is 11.2. The summed E-state index contributed by atoms with van der Waals surface area (Å²) in [6.45, 7) is 1.80. The summed E-state index contributed by atoms with van der Waals surface area (Å²) in [5.74, 6) is 0.416. The Kier molecular flexibility index (Phi) is 3.62. The SMILES string of the molecule is COC(=O)c1sc(-c2cccc(OC)c2)nc1C. The van der Waals surface area contributed by atoms with Crippen LogP contribution in [0.25, 0.3) is 10.6 Å². The van der Waals surface area contributed by atoms with Crippen LogP contribution in [0.2, 0.25) is 0 Å². The number of methoxy groups -OCH3 is 2. The van der Waals surface area contributed by atoms with E-state index >= 15 is 0 Å². The number of carbonyl (C=O) groups is 1. The first-order valence-corrected chi connectivity index (χ1v) is 6.17. The van der Waals surface area contributed by atoms with Crippen molar-refractivity contribution in [2.75, 3.05) is 14.2 Å². The normalized spacial score (nSPS) is 10.2. The summed E-state index contributed by atoms with van der Waals surface area (Å²) in [6, 6.07) is 7.58.